The van der Waals surface area contributed by atoms with E-state index < -0.39 is 0 Å². The second-order valence-corrected chi connectivity index (χ2v) is 2.12. The molecule has 1 atom stereocenters. The van der Waals surface area contributed by atoms with Crippen molar-refractivity contribution in [1.82, 2.24) is 16.2 Å². The largest absolute Gasteiger partial charge is 0.315 e. The van der Waals surface area contributed by atoms with E-state index in [4.69, 9.17) is 0 Å². The summed E-state index contributed by atoms with van der Waals surface area (Å²) in [7, 11) is 1.85. The molecular formula is C5H12ClN3O. The summed E-state index contributed by atoms with van der Waals surface area (Å²) in [5.41, 5.74) is 5.29. The average Bonchev–Trinajstić information content (AvgIpc) is 1.88. The zero-order valence-corrected chi connectivity index (χ0v) is 6.62. The Labute approximate surface area is 66.1 Å². The number of hydrogen-bond acceptors (Lipinski definition) is 3. The summed E-state index contributed by atoms with van der Waals surface area (Å²) in [6, 6.07) is 0.291. The predicted molar refractivity (Wildman–Crippen MR) is 40.9 cm³/mol. The number of nitrogens with one attached hydrogen (secondary N) is 3. The zero-order valence-electron chi connectivity index (χ0n) is 5.81. The van der Waals surface area contributed by atoms with Crippen molar-refractivity contribution in [2.75, 3.05) is 13.6 Å². The highest BCUT2D eigenvalue weighted by atomic mass is 35.5. The van der Waals surface area contributed by atoms with Crippen molar-refractivity contribution in [2.24, 2.45) is 0 Å². The summed E-state index contributed by atoms with van der Waals surface area (Å²) in [5.74, 6) is 0.0561. The van der Waals surface area contributed by atoms with Gasteiger partial charge in [-0.1, -0.05) is 0 Å². The Morgan fingerprint density at radius 1 is 1.70 bits per heavy atom. The van der Waals surface area contributed by atoms with Gasteiger partial charge in [-0.2, -0.15) is 0 Å². The van der Waals surface area contributed by atoms with Crippen LogP contribution in [0.4, 0.5) is 0 Å². The molecule has 0 spiro atoms. The topological polar surface area (TPSA) is 53.2 Å². The molecule has 1 aliphatic heterocycles. The summed E-state index contributed by atoms with van der Waals surface area (Å²) < 4.78 is 0. The lowest BCUT2D eigenvalue weighted by Crippen LogP contribution is -2.53. The fraction of sp³-hybridized carbons (Fsp3) is 0.800. The van der Waals surface area contributed by atoms with Gasteiger partial charge in [-0.05, 0) is 7.05 Å². The van der Waals surface area contributed by atoms with Crippen LogP contribution >= 0.6 is 12.4 Å². The van der Waals surface area contributed by atoms with Crippen LogP contribution in [-0.4, -0.2) is 25.5 Å². The van der Waals surface area contributed by atoms with Crippen molar-refractivity contribution in [3.05, 3.63) is 0 Å². The van der Waals surface area contributed by atoms with Gasteiger partial charge in [0.05, 0.1) is 0 Å². The van der Waals surface area contributed by atoms with Crippen LogP contribution in [0.15, 0.2) is 0 Å². The van der Waals surface area contributed by atoms with Crippen molar-refractivity contribution in [2.45, 2.75) is 12.5 Å². The average molecular weight is 166 g/mol. The number of rotatable bonds is 1. The lowest BCUT2D eigenvalue weighted by Gasteiger charge is -2.21. The second-order valence-electron chi connectivity index (χ2n) is 2.12. The lowest BCUT2D eigenvalue weighted by atomic mass is 10.2. The molecule has 10 heavy (non-hydrogen) atoms. The third kappa shape index (κ3) is 2.51. The van der Waals surface area contributed by atoms with E-state index in [1.807, 2.05) is 7.05 Å². The van der Waals surface area contributed by atoms with Gasteiger partial charge in [0.15, 0.2) is 0 Å². The maximum Gasteiger partial charge on any atom is 0.235 e. The predicted octanol–water partition coefficient (Wildman–Crippen LogP) is -0.979. The Balaban J connectivity index is 0.000000810. The quantitative estimate of drug-likeness (QED) is 0.468. The number of amides is 1. The molecule has 1 amide bonds. The first-order valence-corrected chi connectivity index (χ1v) is 3.02. The maximum absolute atomic E-state index is 10.6. The third-order valence-corrected chi connectivity index (χ3v) is 1.42. The van der Waals surface area contributed by atoms with E-state index in [0.717, 1.165) is 6.54 Å². The summed E-state index contributed by atoms with van der Waals surface area (Å²) in [5, 5.41) is 3.01. The Morgan fingerprint density at radius 3 is 2.80 bits per heavy atom. The Bertz CT molecular complexity index is 119. The van der Waals surface area contributed by atoms with Gasteiger partial charge in [0, 0.05) is 19.0 Å². The van der Waals surface area contributed by atoms with Gasteiger partial charge >= 0.3 is 0 Å². The summed E-state index contributed by atoms with van der Waals surface area (Å²) in [4.78, 5) is 10.6. The fourth-order valence-corrected chi connectivity index (χ4v) is 0.824. The van der Waals surface area contributed by atoms with E-state index in [-0.39, 0.29) is 18.3 Å². The molecule has 1 aliphatic rings. The Kier molecular flexibility index (Phi) is 4.34. The van der Waals surface area contributed by atoms with Gasteiger partial charge in [-0.3, -0.25) is 10.2 Å². The molecule has 5 heteroatoms. The first-order valence-electron chi connectivity index (χ1n) is 3.02. The molecule has 0 saturated carbocycles. The molecule has 0 radical (unpaired) electrons. The number of hydrazine groups is 1. The minimum absolute atomic E-state index is 0. The highest BCUT2D eigenvalue weighted by molar-refractivity contribution is 5.85. The van der Waals surface area contributed by atoms with E-state index >= 15 is 0 Å². The number of halogens is 1. The van der Waals surface area contributed by atoms with E-state index in [9.17, 15) is 4.79 Å². The molecule has 0 aromatic rings. The zero-order chi connectivity index (χ0) is 6.69. The van der Waals surface area contributed by atoms with Gasteiger partial charge in [0.1, 0.15) is 0 Å². The first-order chi connectivity index (χ1) is 4.33. The molecule has 0 aromatic heterocycles. The molecule has 0 bridgehead atoms. The SMILES string of the molecule is CNC1CNNC(=O)C1.Cl. The number of carbonyl (C=O) groups is 1. The standard InChI is InChI=1S/C5H11N3O.ClH/c1-6-4-2-5(9)8-7-3-4;/h4,6-7H,2-3H2,1H3,(H,8,9);1H. The molecule has 0 aromatic carbocycles. The van der Waals surface area contributed by atoms with E-state index in [1.54, 1.807) is 0 Å². The number of hydrogen-bond donors (Lipinski definition) is 3. The van der Waals surface area contributed by atoms with Crippen LogP contribution < -0.4 is 16.2 Å². The molecule has 1 rings (SSSR count). The molecule has 1 unspecified atom stereocenters. The Hall–Kier alpha value is -0.320. The van der Waals surface area contributed by atoms with Crippen LogP contribution in [-0.2, 0) is 4.79 Å². The fourth-order valence-electron chi connectivity index (χ4n) is 0.824. The molecule has 1 heterocycles. The molecule has 1 saturated heterocycles. The maximum atomic E-state index is 10.6. The Morgan fingerprint density at radius 2 is 2.40 bits per heavy atom. The van der Waals surface area contributed by atoms with Gasteiger partial charge in [-0.25, -0.2) is 5.43 Å². The van der Waals surface area contributed by atoms with E-state index in [2.05, 4.69) is 16.2 Å². The van der Waals surface area contributed by atoms with Crippen LogP contribution in [0.5, 0.6) is 0 Å². The molecule has 3 N–H and O–H groups in total. The van der Waals surface area contributed by atoms with Gasteiger partial charge in [0.25, 0.3) is 0 Å². The molecule has 0 aliphatic carbocycles. The van der Waals surface area contributed by atoms with E-state index in [0.29, 0.717) is 12.5 Å². The minimum Gasteiger partial charge on any atom is -0.315 e. The van der Waals surface area contributed by atoms with Crippen molar-refractivity contribution in [3.8, 4) is 0 Å². The van der Waals surface area contributed by atoms with E-state index in [1.165, 1.54) is 0 Å². The van der Waals surface area contributed by atoms with Gasteiger partial charge in [-0.15, -0.1) is 12.4 Å². The number of likely N-dealkylation sites (N-methyl/N-ethyl adjacent to an activating group) is 1. The normalized spacial score (nSPS) is 24.9. The van der Waals surface area contributed by atoms with Gasteiger partial charge < -0.3 is 5.32 Å². The van der Waals surface area contributed by atoms with Crippen LogP contribution in [0.3, 0.4) is 0 Å². The first kappa shape index (κ1) is 9.68. The van der Waals surface area contributed by atoms with Crippen LogP contribution in [0.25, 0.3) is 0 Å². The highest BCUT2D eigenvalue weighted by Crippen LogP contribution is 1.92. The summed E-state index contributed by atoms with van der Waals surface area (Å²) >= 11 is 0. The van der Waals surface area contributed by atoms with Crippen molar-refractivity contribution in [1.29, 1.82) is 0 Å². The summed E-state index contributed by atoms with van der Waals surface area (Å²) in [6.07, 6.45) is 0.573. The molecule has 60 valence electrons. The van der Waals surface area contributed by atoms with Crippen molar-refractivity contribution in [3.63, 3.8) is 0 Å². The van der Waals surface area contributed by atoms with Gasteiger partial charge in [0.2, 0.25) is 5.91 Å². The van der Waals surface area contributed by atoms with Crippen LogP contribution in [0.1, 0.15) is 6.42 Å². The highest BCUT2D eigenvalue weighted by Gasteiger charge is 2.15. The molecular weight excluding hydrogens is 154 g/mol. The van der Waals surface area contributed by atoms with Crippen LogP contribution in [0.2, 0.25) is 0 Å². The molecule has 4 nitrogen and oxygen atoms in total. The second kappa shape index (κ2) is 4.49. The minimum atomic E-state index is 0. The van der Waals surface area contributed by atoms with Crippen molar-refractivity contribution >= 4 is 18.3 Å². The summed E-state index contributed by atoms with van der Waals surface area (Å²) in [6.45, 7) is 0.808. The smallest absolute Gasteiger partial charge is 0.235 e. The monoisotopic (exact) mass is 165 g/mol. The molecule has 1 fully saturated rings. The van der Waals surface area contributed by atoms with Crippen LogP contribution in [0, 0.1) is 0 Å². The third-order valence-electron chi connectivity index (χ3n) is 1.42. The number of carbonyl (C=O) groups excluding carboxylic acids is 1. The van der Waals surface area contributed by atoms with Crippen molar-refractivity contribution < 1.29 is 4.79 Å². The lowest BCUT2D eigenvalue weighted by molar-refractivity contribution is -0.124.